The largest absolute Gasteiger partial charge is 0.276 e. The van der Waals surface area contributed by atoms with Crippen LogP contribution in [-0.2, 0) is 16.6 Å². The molecule has 0 fully saturated rings. The average molecular weight is 397 g/mol. The summed E-state index contributed by atoms with van der Waals surface area (Å²) < 4.78 is 26.6. The van der Waals surface area contributed by atoms with Crippen molar-refractivity contribution in [3.63, 3.8) is 0 Å². The summed E-state index contributed by atoms with van der Waals surface area (Å²) in [5.74, 6) is 0. The van der Waals surface area contributed by atoms with E-state index in [0.29, 0.717) is 6.54 Å². The lowest BCUT2D eigenvalue weighted by molar-refractivity contribution is 0.584. The van der Waals surface area contributed by atoms with Gasteiger partial charge in [0.15, 0.2) is 0 Å². The highest BCUT2D eigenvalue weighted by Gasteiger charge is 2.13. The van der Waals surface area contributed by atoms with E-state index < -0.39 is 10.0 Å². The van der Waals surface area contributed by atoms with Crippen LogP contribution in [-0.4, -0.2) is 24.4 Å². The second-order valence-electron chi connectivity index (χ2n) is 6.89. The van der Waals surface area contributed by atoms with Gasteiger partial charge in [0.1, 0.15) is 0 Å². The molecule has 0 aliphatic carbocycles. The zero-order valence-corrected chi connectivity index (χ0v) is 17.3. The highest BCUT2D eigenvalue weighted by Crippen LogP contribution is 2.14. The minimum Gasteiger partial charge on any atom is -0.265 e. The molecule has 0 bridgehead atoms. The Kier molecular flexibility index (Phi) is 5.65. The predicted octanol–water partition coefficient (Wildman–Crippen LogP) is 3.48. The van der Waals surface area contributed by atoms with Gasteiger partial charge in [0.25, 0.3) is 10.0 Å². The first-order valence-electron chi connectivity index (χ1n) is 8.97. The minimum atomic E-state index is -3.69. The van der Waals surface area contributed by atoms with Crippen LogP contribution in [0.15, 0.2) is 58.5 Å². The van der Waals surface area contributed by atoms with Crippen molar-refractivity contribution in [2.24, 2.45) is 5.10 Å². The number of hydrogen-bond donors (Lipinski definition) is 1. The molecule has 0 aliphatic rings. The molecule has 1 N–H and O–H groups in total. The third-order valence-corrected chi connectivity index (χ3v) is 5.83. The highest BCUT2D eigenvalue weighted by molar-refractivity contribution is 7.89. The molecule has 3 rings (SSSR count). The van der Waals surface area contributed by atoms with Crippen molar-refractivity contribution < 1.29 is 8.42 Å². The zero-order chi connectivity index (χ0) is 20.3. The Morgan fingerprint density at radius 1 is 0.964 bits per heavy atom. The van der Waals surface area contributed by atoms with Crippen LogP contribution in [0.2, 0.25) is 0 Å². The second kappa shape index (κ2) is 7.98. The molecule has 0 radical (unpaired) electrons. The van der Waals surface area contributed by atoms with Crippen molar-refractivity contribution in [3.8, 4) is 0 Å². The summed E-state index contributed by atoms with van der Waals surface area (Å²) >= 11 is 0. The van der Waals surface area contributed by atoms with Gasteiger partial charge < -0.3 is 0 Å². The van der Waals surface area contributed by atoms with E-state index >= 15 is 0 Å². The minimum absolute atomic E-state index is 0.179. The van der Waals surface area contributed by atoms with Crippen molar-refractivity contribution in [2.45, 2.75) is 39.1 Å². The maximum atomic E-state index is 12.3. The molecule has 0 unspecified atom stereocenters. The summed E-state index contributed by atoms with van der Waals surface area (Å²) in [7, 11) is -3.69. The standard InChI is InChI=1S/C21H24N4O2S/c1-15-5-9-19(10-6-15)14-25-18(4)21(17(3)23-25)13-22-24-28(26,27)20-11-7-16(2)8-12-20/h5-13,24H,14H2,1-4H3/b22-13-. The topological polar surface area (TPSA) is 76.3 Å². The molecule has 28 heavy (non-hydrogen) atoms. The Balaban J connectivity index is 1.76. The number of aromatic nitrogens is 2. The van der Waals surface area contributed by atoms with Crippen LogP contribution in [0, 0.1) is 27.7 Å². The van der Waals surface area contributed by atoms with Gasteiger partial charge in [0, 0.05) is 11.3 Å². The van der Waals surface area contributed by atoms with Crippen LogP contribution in [0.5, 0.6) is 0 Å². The van der Waals surface area contributed by atoms with E-state index in [1.165, 1.54) is 11.8 Å². The lowest BCUT2D eigenvalue weighted by Gasteiger charge is -2.05. The van der Waals surface area contributed by atoms with Gasteiger partial charge in [0.05, 0.1) is 23.3 Å². The highest BCUT2D eigenvalue weighted by atomic mass is 32.2. The van der Waals surface area contributed by atoms with Crippen LogP contribution < -0.4 is 4.83 Å². The van der Waals surface area contributed by atoms with Gasteiger partial charge in [-0.15, -0.1) is 0 Å². The lowest BCUT2D eigenvalue weighted by atomic mass is 10.1. The SMILES string of the molecule is Cc1ccc(Cn2nc(C)c(/C=N\NS(=O)(=O)c3ccc(C)cc3)c2C)cc1. The maximum Gasteiger partial charge on any atom is 0.276 e. The molecule has 0 spiro atoms. The molecule has 0 saturated carbocycles. The normalized spacial score (nSPS) is 11.9. The van der Waals surface area contributed by atoms with E-state index in [1.807, 2.05) is 25.5 Å². The molecule has 0 amide bonds. The fraction of sp³-hybridized carbons (Fsp3) is 0.238. The molecule has 7 heteroatoms. The summed E-state index contributed by atoms with van der Waals surface area (Å²) in [6, 6.07) is 14.9. The van der Waals surface area contributed by atoms with E-state index in [0.717, 1.165) is 28.1 Å². The van der Waals surface area contributed by atoms with E-state index in [1.54, 1.807) is 24.3 Å². The van der Waals surface area contributed by atoms with Crippen molar-refractivity contribution in [1.82, 2.24) is 14.6 Å². The van der Waals surface area contributed by atoms with Crippen LogP contribution in [0.1, 0.15) is 33.6 Å². The molecule has 1 heterocycles. The molecule has 3 aromatic rings. The Hall–Kier alpha value is -2.93. The van der Waals surface area contributed by atoms with Gasteiger partial charge >= 0.3 is 0 Å². The quantitative estimate of drug-likeness (QED) is 0.512. The van der Waals surface area contributed by atoms with Crippen LogP contribution in [0.4, 0.5) is 0 Å². The van der Waals surface area contributed by atoms with Gasteiger partial charge in [-0.25, -0.2) is 4.83 Å². The summed E-state index contributed by atoms with van der Waals surface area (Å²) in [6.45, 7) is 8.44. The van der Waals surface area contributed by atoms with Gasteiger partial charge in [-0.3, -0.25) is 4.68 Å². The van der Waals surface area contributed by atoms with Gasteiger partial charge in [0.2, 0.25) is 0 Å². The van der Waals surface area contributed by atoms with E-state index in [-0.39, 0.29) is 4.90 Å². The maximum absolute atomic E-state index is 12.3. The number of nitrogens with zero attached hydrogens (tertiary/aromatic N) is 3. The monoisotopic (exact) mass is 396 g/mol. The average Bonchev–Trinajstić information content (AvgIpc) is 2.91. The molecule has 0 atom stereocenters. The number of aryl methyl sites for hydroxylation is 3. The molecule has 2 aromatic carbocycles. The van der Waals surface area contributed by atoms with Gasteiger partial charge in [-0.05, 0) is 45.4 Å². The van der Waals surface area contributed by atoms with Gasteiger partial charge in [-0.2, -0.15) is 18.6 Å². The second-order valence-corrected chi connectivity index (χ2v) is 8.55. The molecule has 1 aromatic heterocycles. The Labute approximate surface area is 166 Å². The Morgan fingerprint density at radius 3 is 2.14 bits per heavy atom. The fourth-order valence-corrected chi connectivity index (χ4v) is 3.64. The molecule has 0 saturated heterocycles. The molecule has 6 nitrogen and oxygen atoms in total. The number of sulfonamides is 1. The Morgan fingerprint density at radius 2 is 1.54 bits per heavy atom. The molecular formula is C21H24N4O2S. The third kappa shape index (κ3) is 4.48. The van der Waals surface area contributed by atoms with Crippen molar-refractivity contribution >= 4 is 16.2 Å². The lowest BCUT2D eigenvalue weighted by Crippen LogP contribution is -2.18. The third-order valence-electron chi connectivity index (χ3n) is 4.59. The van der Waals surface area contributed by atoms with Crippen LogP contribution in [0.3, 0.4) is 0 Å². The summed E-state index contributed by atoms with van der Waals surface area (Å²) in [5, 5.41) is 8.51. The van der Waals surface area contributed by atoms with E-state index in [2.05, 4.69) is 46.2 Å². The Bertz CT molecular complexity index is 1100. The first-order chi connectivity index (χ1) is 13.3. The van der Waals surface area contributed by atoms with Crippen molar-refractivity contribution in [1.29, 1.82) is 0 Å². The summed E-state index contributed by atoms with van der Waals surface area (Å²) in [4.78, 5) is 2.45. The molecular weight excluding hydrogens is 372 g/mol. The molecule has 0 aliphatic heterocycles. The predicted molar refractivity (Wildman–Crippen MR) is 111 cm³/mol. The number of hydrazone groups is 1. The van der Waals surface area contributed by atoms with Gasteiger partial charge in [-0.1, -0.05) is 47.5 Å². The summed E-state index contributed by atoms with van der Waals surface area (Å²) in [6.07, 6.45) is 1.51. The zero-order valence-electron chi connectivity index (χ0n) is 16.5. The number of rotatable bonds is 6. The van der Waals surface area contributed by atoms with Crippen molar-refractivity contribution in [3.05, 3.63) is 82.2 Å². The van der Waals surface area contributed by atoms with Crippen LogP contribution in [0.25, 0.3) is 0 Å². The molecule has 146 valence electrons. The first-order valence-corrected chi connectivity index (χ1v) is 10.5. The first kappa shape index (κ1) is 19.8. The fourth-order valence-electron chi connectivity index (χ4n) is 2.85. The smallest absolute Gasteiger partial charge is 0.265 e. The van der Waals surface area contributed by atoms with E-state index in [9.17, 15) is 8.42 Å². The number of nitrogens with one attached hydrogen (secondary N) is 1. The number of hydrogen-bond acceptors (Lipinski definition) is 4. The van der Waals surface area contributed by atoms with Crippen molar-refractivity contribution in [2.75, 3.05) is 0 Å². The van der Waals surface area contributed by atoms with E-state index in [4.69, 9.17) is 0 Å². The summed E-state index contributed by atoms with van der Waals surface area (Å²) in [5.41, 5.74) is 5.89. The number of benzene rings is 2. The van der Waals surface area contributed by atoms with Crippen LogP contribution >= 0.6 is 0 Å².